The molecule has 0 fully saturated rings. The third-order valence-electron chi connectivity index (χ3n) is 5.32. The van der Waals surface area contributed by atoms with Crippen molar-refractivity contribution in [2.75, 3.05) is 18.4 Å². The molecule has 1 aliphatic rings. The first-order chi connectivity index (χ1) is 14.2. The molecule has 4 rings (SSSR count). The van der Waals surface area contributed by atoms with Crippen molar-refractivity contribution in [3.05, 3.63) is 65.1 Å². The van der Waals surface area contributed by atoms with Crippen molar-refractivity contribution in [2.45, 2.75) is 32.2 Å². The number of carboxylic acids is 1. The molecule has 3 aromatic rings. The highest BCUT2D eigenvalue weighted by Crippen LogP contribution is 2.34. The molecule has 150 valence electrons. The Morgan fingerprint density at radius 3 is 2.79 bits per heavy atom. The largest absolute Gasteiger partial charge is 0.477 e. The molecule has 0 amide bonds. The lowest BCUT2D eigenvalue weighted by molar-refractivity contribution is 0.0681. The molecule has 1 aromatic carbocycles. The summed E-state index contributed by atoms with van der Waals surface area (Å²) in [5.74, 6) is -0.917. The molecule has 0 saturated carbocycles. The molecule has 0 unspecified atom stereocenters. The zero-order valence-corrected chi connectivity index (χ0v) is 16.3. The van der Waals surface area contributed by atoms with Crippen molar-refractivity contribution in [3.8, 4) is 11.3 Å². The summed E-state index contributed by atoms with van der Waals surface area (Å²) in [6, 6.07) is 10.2. The SMILES string of the molecule is NCCc1ccc(NCCCn2nc3c(c2C(=O)O)CCc2cnccc2-3)cc1. The fourth-order valence-corrected chi connectivity index (χ4v) is 3.89. The van der Waals surface area contributed by atoms with Gasteiger partial charge < -0.3 is 16.2 Å². The summed E-state index contributed by atoms with van der Waals surface area (Å²) in [5.41, 5.74) is 11.9. The van der Waals surface area contributed by atoms with Crippen molar-refractivity contribution < 1.29 is 9.90 Å². The predicted octanol–water partition coefficient (Wildman–Crippen LogP) is 2.75. The van der Waals surface area contributed by atoms with Gasteiger partial charge >= 0.3 is 5.97 Å². The molecule has 0 spiro atoms. The van der Waals surface area contributed by atoms with Crippen LogP contribution in [0.5, 0.6) is 0 Å². The fraction of sp³-hybridized carbons (Fsp3) is 0.318. The first kappa shape index (κ1) is 19.1. The van der Waals surface area contributed by atoms with E-state index in [1.54, 1.807) is 10.9 Å². The third-order valence-corrected chi connectivity index (χ3v) is 5.32. The normalized spacial score (nSPS) is 12.3. The van der Waals surface area contributed by atoms with Gasteiger partial charge in [0, 0.05) is 42.3 Å². The van der Waals surface area contributed by atoms with Crippen LogP contribution in [0.15, 0.2) is 42.7 Å². The van der Waals surface area contributed by atoms with E-state index in [0.717, 1.165) is 53.9 Å². The Morgan fingerprint density at radius 2 is 2.03 bits per heavy atom. The second kappa shape index (κ2) is 8.45. The van der Waals surface area contributed by atoms with Gasteiger partial charge in [-0.05, 0) is 61.6 Å². The molecular weight excluding hydrogens is 366 g/mol. The van der Waals surface area contributed by atoms with E-state index in [1.807, 2.05) is 24.4 Å². The number of benzene rings is 1. The second-order valence-electron chi connectivity index (χ2n) is 7.25. The molecule has 1 aliphatic carbocycles. The summed E-state index contributed by atoms with van der Waals surface area (Å²) in [7, 11) is 0. The highest BCUT2D eigenvalue weighted by Gasteiger charge is 2.27. The van der Waals surface area contributed by atoms with Crippen LogP contribution in [-0.2, 0) is 25.8 Å². The lowest BCUT2D eigenvalue weighted by Gasteiger charge is -2.14. The van der Waals surface area contributed by atoms with Gasteiger partial charge in [-0.25, -0.2) is 4.79 Å². The Kier molecular flexibility index (Phi) is 5.57. The number of aryl methyl sites for hydroxylation is 2. The van der Waals surface area contributed by atoms with Gasteiger partial charge in [0.15, 0.2) is 0 Å². The van der Waals surface area contributed by atoms with Crippen LogP contribution in [0.3, 0.4) is 0 Å². The summed E-state index contributed by atoms with van der Waals surface area (Å²) < 4.78 is 1.65. The molecule has 4 N–H and O–H groups in total. The second-order valence-corrected chi connectivity index (χ2v) is 7.25. The summed E-state index contributed by atoms with van der Waals surface area (Å²) in [6.07, 6.45) is 6.71. The van der Waals surface area contributed by atoms with E-state index in [4.69, 9.17) is 5.73 Å². The number of hydrogen-bond donors (Lipinski definition) is 3. The lowest BCUT2D eigenvalue weighted by Crippen LogP contribution is -2.14. The topological polar surface area (TPSA) is 106 Å². The van der Waals surface area contributed by atoms with E-state index in [1.165, 1.54) is 5.56 Å². The van der Waals surface area contributed by atoms with Gasteiger partial charge in [-0.1, -0.05) is 12.1 Å². The highest BCUT2D eigenvalue weighted by atomic mass is 16.4. The van der Waals surface area contributed by atoms with Gasteiger partial charge in [0.1, 0.15) is 5.69 Å². The average Bonchev–Trinajstić information content (AvgIpc) is 3.12. The number of pyridine rings is 1. The molecule has 0 atom stereocenters. The van der Waals surface area contributed by atoms with Crippen LogP contribution in [0.25, 0.3) is 11.3 Å². The quantitative estimate of drug-likeness (QED) is 0.510. The molecule has 2 heterocycles. The zero-order valence-electron chi connectivity index (χ0n) is 16.3. The molecule has 7 heteroatoms. The van der Waals surface area contributed by atoms with Crippen LogP contribution in [0, 0.1) is 0 Å². The van der Waals surface area contributed by atoms with Gasteiger partial charge in [0.05, 0.1) is 5.69 Å². The number of aromatic carboxylic acids is 1. The number of nitrogens with zero attached hydrogens (tertiary/aromatic N) is 3. The Bertz CT molecular complexity index is 1010. The van der Waals surface area contributed by atoms with E-state index < -0.39 is 5.97 Å². The van der Waals surface area contributed by atoms with E-state index in [-0.39, 0.29) is 0 Å². The monoisotopic (exact) mass is 391 g/mol. The van der Waals surface area contributed by atoms with Gasteiger partial charge in [-0.15, -0.1) is 0 Å². The minimum Gasteiger partial charge on any atom is -0.477 e. The van der Waals surface area contributed by atoms with Crippen LogP contribution >= 0.6 is 0 Å². The number of nitrogens with one attached hydrogen (secondary N) is 1. The minimum atomic E-state index is -0.917. The van der Waals surface area contributed by atoms with Crippen LogP contribution in [-0.4, -0.2) is 38.9 Å². The van der Waals surface area contributed by atoms with Crippen LogP contribution in [0.4, 0.5) is 5.69 Å². The smallest absolute Gasteiger partial charge is 0.354 e. The molecule has 29 heavy (non-hydrogen) atoms. The summed E-state index contributed by atoms with van der Waals surface area (Å²) in [5, 5.41) is 17.8. The summed E-state index contributed by atoms with van der Waals surface area (Å²) in [4.78, 5) is 16.1. The number of carbonyl (C=O) groups is 1. The number of fused-ring (bicyclic) bond motifs is 3. The number of hydrogen-bond acceptors (Lipinski definition) is 5. The molecule has 0 aliphatic heterocycles. The average molecular weight is 391 g/mol. The molecular formula is C22H25N5O2. The fourth-order valence-electron chi connectivity index (χ4n) is 3.89. The number of nitrogens with two attached hydrogens (primary N) is 1. The van der Waals surface area contributed by atoms with Crippen LogP contribution in [0.1, 0.15) is 33.6 Å². The Labute approximate surface area is 169 Å². The van der Waals surface area contributed by atoms with Gasteiger partial charge in [-0.2, -0.15) is 5.10 Å². The van der Waals surface area contributed by atoms with E-state index in [2.05, 4.69) is 27.5 Å². The highest BCUT2D eigenvalue weighted by molar-refractivity contribution is 5.90. The first-order valence-electron chi connectivity index (χ1n) is 9.96. The first-order valence-corrected chi connectivity index (χ1v) is 9.96. The van der Waals surface area contributed by atoms with E-state index >= 15 is 0 Å². The van der Waals surface area contributed by atoms with Gasteiger partial charge in [0.2, 0.25) is 0 Å². The van der Waals surface area contributed by atoms with Gasteiger partial charge in [-0.3, -0.25) is 9.67 Å². The van der Waals surface area contributed by atoms with Crippen molar-refractivity contribution in [2.24, 2.45) is 5.73 Å². The maximum atomic E-state index is 11.9. The van der Waals surface area contributed by atoms with Crippen LogP contribution < -0.4 is 11.1 Å². The van der Waals surface area contributed by atoms with Crippen molar-refractivity contribution in [1.29, 1.82) is 0 Å². The minimum absolute atomic E-state index is 0.314. The zero-order chi connectivity index (χ0) is 20.2. The van der Waals surface area contributed by atoms with E-state index in [0.29, 0.717) is 25.2 Å². The molecule has 2 aromatic heterocycles. The van der Waals surface area contributed by atoms with Crippen LogP contribution in [0.2, 0.25) is 0 Å². The van der Waals surface area contributed by atoms with E-state index in [9.17, 15) is 9.90 Å². The molecule has 7 nitrogen and oxygen atoms in total. The third kappa shape index (κ3) is 4.00. The summed E-state index contributed by atoms with van der Waals surface area (Å²) in [6.45, 7) is 1.93. The predicted molar refractivity (Wildman–Crippen MR) is 112 cm³/mol. The number of anilines is 1. The number of aromatic nitrogens is 3. The lowest BCUT2D eigenvalue weighted by atomic mass is 9.90. The van der Waals surface area contributed by atoms with Crippen molar-refractivity contribution in [1.82, 2.24) is 14.8 Å². The molecule has 0 radical (unpaired) electrons. The molecule has 0 saturated heterocycles. The number of carboxylic acid groups (broad SMARTS) is 1. The standard InChI is InChI=1S/C22H25N5O2/c23-10-8-15-2-5-17(6-3-15)25-11-1-13-27-21(22(28)29)19-7-4-16-14-24-12-9-18(16)20(19)26-27/h2-3,5-6,9,12,14,25H,1,4,7-8,10-11,13,23H2,(H,28,29). The maximum Gasteiger partial charge on any atom is 0.354 e. The Balaban J connectivity index is 1.44. The summed E-state index contributed by atoms with van der Waals surface area (Å²) >= 11 is 0. The van der Waals surface area contributed by atoms with Crippen molar-refractivity contribution in [3.63, 3.8) is 0 Å². The Hall–Kier alpha value is -3.19. The maximum absolute atomic E-state index is 11.9. The van der Waals surface area contributed by atoms with Gasteiger partial charge in [0.25, 0.3) is 0 Å². The molecule has 0 bridgehead atoms. The Morgan fingerprint density at radius 1 is 1.21 bits per heavy atom. The number of rotatable bonds is 8. The van der Waals surface area contributed by atoms with Crippen molar-refractivity contribution >= 4 is 11.7 Å².